The number of methoxy groups -OCH3 is 1. The molecule has 0 unspecified atom stereocenters. The number of hydrogen-bond donors (Lipinski definition) is 0. The standard InChI is InChI=1S/C21H18Cl4N2O4/c1-28-17-7-5-14(29-10-8-19(24)25)12-15(17)21-26-20(31-27-21)3-2-9-30-18-6-4-13(22)11-16(18)23/h4-8,11-12H,2-3,9-10H2,1H3. The van der Waals surface area contributed by atoms with Crippen LogP contribution in [0.15, 0.2) is 51.5 Å². The third-order valence-electron chi connectivity index (χ3n) is 4.05. The van der Waals surface area contributed by atoms with Gasteiger partial charge in [0.05, 0.1) is 24.3 Å². The van der Waals surface area contributed by atoms with E-state index in [1.807, 2.05) is 0 Å². The van der Waals surface area contributed by atoms with Gasteiger partial charge in [0.15, 0.2) is 0 Å². The van der Waals surface area contributed by atoms with Crippen molar-refractivity contribution < 1.29 is 18.7 Å². The molecule has 0 saturated carbocycles. The summed E-state index contributed by atoms with van der Waals surface area (Å²) in [5, 5.41) is 5.07. The zero-order valence-corrected chi connectivity index (χ0v) is 19.4. The van der Waals surface area contributed by atoms with Crippen LogP contribution in [0.3, 0.4) is 0 Å². The van der Waals surface area contributed by atoms with E-state index in [1.165, 1.54) is 0 Å². The summed E-state index contributed by atoms with van der Waals surface area (Å²) in [7, 11) is 1.57. The highest BCUT2D eigenvalue weighted by atomic mass is 35.5. The predicted octanol–water partition coefficient (Wildman–Crippen LogP) is 6.76. The first-order valence-electron chi connectivity index (χ1n) is 9.19. The van der Waals surface area contributed by atoms with E-state index in [1.54, 1.807) is 49.6 Å². The number of aryl methyl sites for hydroxylation is 1. The molecular weight excluding hydrogens is 486 g/mol. The molecule has 0 atom stereocenters. The average molecular weight is 504 g/mol. The Morgan fingerprint density at radius 1 is 1.06 bits per heavy atom. The van der Waals surface area contributed by atoms with E-state index in [-0.39, 0.29) is 11.1 Å². The quantitative estimate of drug-likeness (QED) is 0.284. The molecule has 10 heteroatoms. The van der Waals surface area contributed by atoms with Gasteiger partial charge in [-0.2, -0.15) is 4.98 Å². The van der Waals surface area contributed by atoms with E-state index in [0.717, 1.165) is 0 Å². The Hall–Kier alpha value is -2.12. The lowest BCUT2D eigenvalue weighted by atomic mass is 10.2. The van der Waals surface area contributed by atoms with Crippen molar-refractivity contribution >= 4 is 46.4 Å². The molecule has 0 N–H and O–H groups in total. The summed E-state index contributed by atoms with van der Waals surface area (Å²) in [6, 6.07) is 10.4. The molecule has 1 heterocycles. The molecule has 0 spiro atoms. The summed E-state index contributed by atoms with van der Waals surface area (Å²) < 4.78 is 22.2. The Bertz CT molecular complexity index is 1050. The van der Waals surface area contributed by atoms with Crippen LogP contribution in [0.5, 0.6) is 17.2 Å². The maximum atomic E-state index is 6.10. The largest absolute Gasteiger partial charge is 0.496 e. The SMILES string of the molecule is COc1ccc(OCC=C(Cl)Cl)cc1-c1noc(CCCOc2ccc(Cl)cc2Cl)n1. The fourth-order valence-electron chi connectivity index (χ4n) is 2.62. The van der Waals surface area contributed by atoms with Gasteiger partial charge in [0.25, 0.3) is 0 Å². The van der Waals surface area contributed by atoms with Crippen molar-refractivity contribution in [3.8, 4) is 28.6 Å². The maximum Gasteiger partial charge on any atom is 0.227 e. The van der Waals surface area contributed by atoms with Crippen molar-refractivity contribution in [2.75, 3.05) is 20.3 Å². The minimum Gasteiger partial charge on any atom is -0.496 e. The minimum atomic E-state index is 0.138. The monoisotopic (exact) mass is 502 g/mol. The van der Waals surface area contributed by atoms with Crippen molar-refractivity contribution in [1.82, 2.24) is 10.1 Å². The highest BCUT2D eigenvalue weighted by molar-refractivity contribution is 6.55. The van der Waals surface area contributed by atoms with E-state index in [0.29, 0.717) is 64.0 Å². The molecule has 0 aliphatic rings. The molecule has 0 aliphatic heterocycles. The molecule has 0 aliphatic carbocycles. The normalized spacial score (nSPS) is 10.6. The first-order valence-corrected chi connectivity index (χ1v) is 10.7. The fraction of sp³-hybridized carbons (Fsp3) is 0.238. The third kappa shape index (κ3) is 6.94. The van der Waals surface area contributed by atoms with Gasteiger partial charge in [0.2, 0.25) is 11.7 Å². The van der Waals surface area contributed by atoms with Crippen molar-refractivity contribution in [2.45, 2.75) is 12.8 Å². The summed E-state index contributed by atoms with van der Waals surface area (Å²) in [6.45, 7) is 0.658. The predicted molar refractivity (Wildman–Crippen MR) is 122 cm³/mol. The van der Waals surface area contributed by atoms with Gasteiger partial charge in [-0.15, -0.1) is 0 Å². The molecule has 0 fully saturated rings. The van der Waals surface area contributed by atoms with Gasteiger partial charge < -0.3 is 18.7 Å². The molecular formula is C21H18Cl4N2O4. The second kappa shape index (κ2) is 11.5. The van der Waals surface area contributed by atoms with Gasteiger partial charge in [-0.1, -0.05) is 51.6 Å². The second-order valence-electron chi connectivity index (χ2n) is 6.21. The summed E-state index contributed by atoms with van der Waals surface area (Å²) in [5.41, 5.74) is 0.639. The number of ether oxygens (including phenoxy) is 3. The molecule has 2 aromatic carbocycles. The van der Waals surface area contributed by atoms with Crippen LogP contribution in [-0.4, -0.2) is 30.5 Å². The molecule has 164 valence electrons. The van der Waals surface area contributed by atoms with E-state index in [9.17, 15) is 0 Å². The van der Waals surface area contributed by atoms with Gasteiger partial charge >= 0.3 is 0 Å². The number of aromatic nitrogens is 2. The van der Waals surface area contributed by atoms with E-state index >= 15 is 0 Å². The van der Waals surface area contributed by atoms with Gasteiger partial charge in [0.1, 0.15) is 28.3 Å². The van der Waals surface area contributed by atoms with Gasteiger partial charge in [-0.25, -0.2) is 0 Å². The number of nitrogens with zero attached hydrogens (tertiary/aromatic N) is 2. The van der Waals surface area contributed by atoms with Gasteiger partial charge in [0, 0.05) is 11.4 Å². The number of benzene rings is 2. The Morgan fingerprint density at radius 3 is 2.61 bits per heavy atom. The fourth-order valence-corrected chi connectivity index (χ4v) is 3.21. The highest BCUT2D eigenvalue weighted by Crippen LogP contribution is 2.32. The smallest absolute Gasteiger partial charge is 0.227 e. The van der Waals surface area contributed by atoms with Crippen molar-refractivity contribution in [3.05, 3.63) is 62.9 Å². The lowest BCUT2D eigenvalue weighted by Crippen LogP contribution is -2.00. The summed E-state index contributed by atoms with van der Waals surface area (Å²) >= 11 is 23.2. The molecule has 31 heavy (non-hydrogen) atoms. The van der Waals surface area contributed by atoms with Crippen LogP contribution in [0, 0.1) is 0 Å². The first kappa shape index (κ1) is 23.5. The average Bonchev–Trinajstić information content (AvgIpc) is 3.21. The Labute approximate surface area is 199 Å². The van der Waals surface area contributed by atoms with Crippen LogP contribution in [0.4, 0.5) is 0 Å². The van der Waals surface area contributed by atoms with Gasteiger partial charge in [-0.05, 0) is 48.9 Å². The summed E-state index contributed by atoms with van der Waals surface area (Å²) in [5.74, 6) is 2.62. The molecule has 0 bridgehead atoms. The zero-order valence-electron chi connectivity index (χ0n) is 16.4. The molecule has 0 radical (unpaired) electrons. The van der Waals surface area contributed by atoms with Crippen molar-refractivity contribution in [2.24, 2.45) is 0 Å². The van der Waals surface area contributed by atoms with E-state index in [2.05, 4.69) is 10.1 Å². The highest BCUT2D eigenvalue weighted by Gasteiger charge is 2.15. The summed E-state index contributed by atoms with van der Waals surface area (Å²) in [6.07, 6.45) is 2.74. The van der Waals surface area contributed by atoms with Crippen LogP contribution >= 0.6 is 46.4 Å². The van der Waals surface area contributed by atoms with Crippen LogP contribution in [0.2, 0.25) is 10.0 Å². The second-order valence-corrected chi connectivity index (χ2v) is 8.06. The van der Waals surface area contributed by atoms with Crippen LogP contribution < -0.4 is 14.2 Å². The lowest BCUT2D eigenvalue weighted by molar-refractivity contribution is 0.298. The Kier molecular flexibility index (Phi) is 8.72. The molecule has 3 aromatic rings. The zero-order chi connectivity index (χ0) is 22.2. The van der Waals surface area contributed by atoms with Crippen molar-refractivity contribution in [1.29, 1.82) is 0 Å². The summed E-state index contributed by atoms with van der Waals surface area (Å²) in [4.78, 5) is 4.45. The maximum absolute atomic E-state index is 6.10. The topological polar surface area (TPSA) is 66.6 Å². The van der Waals surface area contributed by atoms with E-state index in [4.69, 9.17) is 65.1 Å². The van der Waals surface area contributed by atoms with Crippen LogP contribution in [-0.2, 0) is 6.42 Å². The number of hydrogen-bond acceptors (Lipinski definition) is 6. The third-order valence-corrected chi connectivity index (χ3v) is 4.89. The van der Waals surface area contributed by atoms with Crippen LogP contribution in [0.1, 0.15) is 12.3 Å². The van der Waals surface area contributed by atoms with Crippen molar-refractivity contribution in [3.63, 3.8) is 0 Å². The van der Waals surface area contributed by atoms with E-state index < -0.39 is 0 Å². The van der Waals surface area contributed by atoms with Gasteiger partial charge in [-0.3, -0.25) is 0 Å². The van der Waals surface area contributed by atoms with Crippen LogP contribution in [0.25, 0.3) is 11.4 Å². The lowest BCUT2D eigenvalue weighted by Gasteiger charge is -2.08. The Balaban J connectivity index is 1.60. The minimum absolute atomic E-state index is 0.138. The Morgan fingerprint density at radius 2 is 1.87 bits per heavy atom. The molecule has 3 rings (SSSR count). The number of rotatable bonds is 10. The molecule has 0 saturated heterocycles. The molecule has 6 nitrogen and oxygen atoms in total. The molecule has 1 aromatic heterocycles. The number of halogens is 4. The molecule has 0 amide bonds. The first-order chi connectivity index (χ1) is 15.0.